The number of aromatic amines is 1. The highest BCUT2D eigenvalue weighted by atomic mass is 19.4. The molecule has 0 fully saturated rings. The number of carbonyl (C=O) groups is 1. The fraction of sp³-hybridized carbons (Fsp3) is 0.320. The molecule has 1 unspecified atom stereocenters. The molecule has 0 aliphatic rings. The first-order valence-corrected chi connectivity index (χ1v) is 11.7. The predicted octanol–water partition coefficient (Wildman–Crippen LogP) is 5.53. The molecule has 0 bridgehead atoms. The van der Waals surface area contributed by atoms with E-state index in [-0.39, 0.29) is 23.5 Å². The number of alkyl halides is 7. The molecule has 222 valence electrons. The Morgan fingerprint density at radius 2 is 1.68 bits per heavy atom. The first-order chi connectivity index (χ1) is 19.1. The zero-order chi connectivity index (χ0) is 31.0. The molecule has 0 amide bonds. The van der Waals surface area contributed by atoms with E-state index in [4.69, 9.17) is 5.73 Å². The number of aldehydes is 1. The second kappa shape index (κ2) is 13.8. The van der Waals surface area contributed by atoms with Gasteiger partial charge in [-0.3, -0.25) is 9.59 Å². The normalized spacial score (nSPS) is 12.5. The van der Waals surface area contributed by atoms with Crippen molar-refractivity contribution in [1.82, 2.24) is 25.1 Å². The van der Waals surface area contributed by atoms with Gasteiger partial charge < -0.3 is 10.6 Å². The van der Waals surface area contributed by atoms with E-state index in [1.54, 1.807) is 23.2 Å². The summed E-state index contributed by atoms with van der Waals surface area (Å²) in [4.78, 5) is 30.6. The molecule has 3 aromatic rings. The highest BCUT2D eigenvalue weighted by Crippen LogP contribution is 2.30. The molecule has 1 atom stereocenters. The van der Waals surface area contributed by atoms with E-state index in [0.29, 0.717) is 37.1 Å². The van der Waals surface area contributed by atoms with Crippen LogP contribution in [0.25, 0.3) is 17.5 Å². The van der Waals surface area contributed by atoms with Gasteiger partial charge in [0.15, 0.2) is 12.1 Å². The molecule has 3 N–H and O–H groups in total. The molecule has 3 rings (SSSR count). The molecule has 41 heavy (non-hydrogen) atoms. The van der Waals surface area contributed by atoms with Crippen LogP contribution in [0.1, 0.15) is 46.8 Å². The van der Waals surface area contributed by atoms with Gasteiger partial charge in [-0.1, -0.05) is 13.3 Å². The number of H-pyrrole nitrogens is 1. The van der Waals surface area contributed by atoms with Crippen molar-refractivity contribution in [3.8, 4) is 11.4 Å². The number of nitrogens with one attached hydrogen (secondary N) is 1. The number of halogens is 8. The van der Waals surface area contributed by atoms with Crippen LogP contribution in [0, 0.1) is 5.82 Å². The van der Waals surface area contributed by atoms with Crippen molar-refractivity contribution in [1.29, 1.82) is 0 Å². The van der Waals surface area contributed by atoms with Crippen LogP contribution in [-0.2, 0) is 12.4 Å². The molecule has 0 radical (unpaired) electrons. The highest BCUT2D eigenvalue weighted by Gasteiger charge is 2.36. The van der Waals surface area contributed by atoms with E-state index in [9.17, 15) is 44.7 Å². The second-order valence-electron chi connectivity index (χ2n) is 8.54. The number of hydrogen-bond acceptors (Lipinski definition) is 7. The molecule has 0 saturated carbocycles. The third-order valence-electron chi connectivity index (χ3n) is 5.29. The van der Waals surface area contributed by atoms with Gasteiger partial charge in [0.05, 0.1) is 23.0 Å². The molecule has 0 spiro atoms. The third-order valence-corrected chi connectivity index (χ3v) is 5.29. The van der Waals surface area contributed by atoms with E-state index in [1.807, 2.05) is 6.92 Å². The molecule has 1 aromatic carbocycles. The van der Waals surface area contributed by atoms with Crippen LogP contribution in [0.5, 0.6) is 0 Å². The Hall–Kier alpha value is -4.37. The lowest BCUT2D eigenvalue weighted by molar-refractivity contribution is -0.138. The van der Waals surface area contributed by atoms with Crippen LogP contribution in [-0.4, -0.2) is 51.1 Å². The maximum Gasteiger partial charge on any atom is 0.423 e. The Bertz CT molecular complexity index is 1410. The number of carbonyl (C=O) groups excluding carboxylic acids is 1. The molecule has 0 aliphatic carbocycles. The Kier molecular flexibility index (Phi) is 11.1. The number of nitrogens with zero attached hydrogens (tertiary/aromatic N) is 4. The average molecular weight is 592 g/mol. The first kappa shape index (κ1) is 32.8. The lowest BCUT2D eigenvalue weighted by Crippen LogP contribution is -2.24. The van der Waals surface area contributed by atoms with Gasteiger partial charge in [0.2, 0.25) is 0 Å². The van der Waals surface area contributed by atoms with Crippen LogP contribution < -0.4 is 11.3 Å². The van der Waals surface area contributed by atoms with Gasteiger partial charge >= 0.3 is 12.4 Å². The fourth-order valence-corrected chi connectivity index (χ4v) is 3.33. The van der Waals surface area contributed by atoms with Crippen molar-refractivity contribution in [2.75, 3.05) is 19.3 Å². The minimum atomic E-state index is -4.74. The molecule has 16 heteroatoms. The van der Waals surface area contributed by atoms with E-state index < -0.39 is 46.7 Å². The largest absolute Gasteiger partial charge is 0.423 e. The number of anilines is 1. The summed E-state index contributed by atoms with van der Waals surface area (Å²) in [6.07, 6.45) is -3.86. The minimum absolute atomic E-state index is 0.0353. The molecule has 8 nitrogen and oxygen atoms in total. The number of aromatic nitrogens is 4. The third kappa shape index (κ3) is 9.36. The molecule has 0 saturated heterocycles. The van der Waals surface area contributed by atoms with Crippen LogP contribution in [0.2, 0.25) is 0 Å². The average Bonchev–Trinajstić information content (AvgIpc) is 2.87. The van der Waals surface area contributed by atoms with Gasteiger partial charge in [0.25, 0.3) is 5.56 Å². The van der Waals surface area contributed by atoms with Gasteiger partial charge in [-0.25, -0.2) is 23.8 Å². The fourth-order valence-electron chi connectivity index (χ4n) is 3.33. The maximum absolute atomic E-state index is 14.3. The van der Waals surface area contributed by atoms with Crippen LogP contribution in [0.3, 0.4) is 0 Å². The van der Waals surface area contributed by atoms with Crippen molar-refractivity contribution in [2.24, 2.45) is 0 Å². The van der Waals surface area contributed by atoms with Crippen molar-refractivity contribution in [3.63, 3.8) is 0 Å². The van der Waals surface area contributed by atoms with Gasteiger partial charge in [-0.15, -0.1) is 0 Å². The number of hydrogen-bond donors (Lipinski definition) is 2. The van der Waals surface area contributed by atoms with Gasteiger partial charge in [0, 0.05) is 31.5 Å². The summed E-state index contributed by atoms with van der Waals surface area (Å²) in [5, 5.41) is 4.74. The zero-order valence-electron chi connectivity index (χ0n) is 21.5. The number of rotatable bonds is 8. The Morgan fingerprint density at radius 3 is 2.17 bits per heavy atom. The Morgan fingerprint density at radius 1 is 1.05 bits per heavy atom. The van der Waals surface area contributed by atoms with Crippen molar-refractivity contribution in [3.05, 3.63) is 75.3 Å². The smallest absolute Gasteiger partial charge is 0.397 e. The number of nitrogen functional groups attached to an aromatic ring is 1. The minimum Gasteiger partial charge on any atom is -0.397 e. The zero-order valence-corrected chi connectivity index (χ0v) is 21.5. The molecule has 0 aliphatic heterocycles. The van der Waals surface area contributed by atoms with Gasteiger partial charge in [0.1, 0.15) is 17.6 Å². The van der Waals surface area contributed by atoms with Crippen molar-refractivity contribution in [2.45, 2.75) is 38.3 Å². The summed E-state index contributed by atoms with van der Waals surface area (Å²) in [5.41, 5.74) is 0.626. The maximum atomic E-state index is 14.3. The van der Waals surface area contributed by atoms with E-state index >= 15 is 0 Å². The van der Waals surface area contributed by atoms with E-state index in [1.165, 1.54) is 12.1 Å². The molecule has 2 heterocycles. The standard InChI is InChI=1S/C20H20F5N3O.C5H4F3N3O/c1-3-4-16(21)11-28(2)6-5-13-7-17(18(22)8-14(13)12-29)19-26-9-15(10-27-19)20(23,24)25;6-5(7,8)3-2(9)1-10-11-4(3)12/h5-10,12,16H,3-4,11H2,1-2H3;1H,(H3,9,11,12)/b6-5-;. The summed E-state index contributed by atoms with van der Waals surface area (Å²) < 4.78 is 102. The van der Waals surface area contributed by atoms with E-state index in [2.05, 4.69) is 15.1 Å². The first-order valence-electron chi connectivity index (χ1n) is 11.7. The summed E-state index contributed by atoms with van der Waals surface area (Å²) in [7, 11) is 1.66. The number of nitrogens with two attached hydrogens (primary N) is 1. The van der Waals surface area contributed by atoms with Gasteiger partial charge in [-0.05, 0) is 36.4 Å². The Balaban J connectivity index is 0.000000408. The SMILES string of the molecule is CCCC(F)CN(C)/C=C\c1cc(-c2ncc(C(F)(F)F)cn2)c(F)cc1C=O.Nc1cn[nH]c(=O)c1C(F)(F)F. The summed E-state index contributed by atoms with van der Waals surface area (Å²) in [6.45, 7) is 2.03. The van der Waals surface area contributed by atoms with Crippen LogP contribution in [0.4, 0.5) is 40.8 Å². The topological polar surface area (TPSA) is 118 Å². The predicted molar refractivity (Wildman–Crippen MR) is 134 cm³/mol. The summed E-state index contributed by atoms with van der Waals surface area (Å²) in [5.74, 6) is -1.09. The Labute approximate surface area is 227 Å². The van der Waals surface area contributed by atoms with Crippen LogP contribution in [0.15, 0.2) is 41.7 Å². The van der Waals surface area contributed by atoms with E-state index in [0.717, 1.165) is 12.3 Å². The molecular formula is C25H24F8N6O2. The number of benzene rings is 1. The van der Waals surface area contributed by atoms with Crippen molar-refractivity contribution < 1.29 is 39.9 Å². The summed E-state index contributed by atoms with van der Waals surface area (Å²) in [6, 6.07) is 2.23. The molecule has 2 aromatic heterocycles. The van der Waals surface area contributed by atoms with Crippen LogP contribution >= 0.6 is 0 Å². The quantitative estimate of drug-likeness (QED) is 0.261. The second-order valence-corrected chi connectivity index (χ2v) is 8.54. The lowest BCUT2D eigenvalue weighted by atomic mass is 10.0. The lowest BCUT2D eigenvalue weighted by Gasteiger charge is -2.17. The highest BCUT2D eigenvalue weighted by molar-refractivity contribution is 5.84. The monoisotopic (exact) mass is 592 g/mol. The summed E-state index contributed by atoms with van der Waals surface area (Å²) >= 11 is 0. The van der Waals surface area contributed by atoms with Crippen molar-refractivity contribution >= 4 is 18.0 Å². The van der Waals surface area contributed by atoms with Gasteiger partial charge in [-0.2, -0.15) is 31.4 Å². The molecular weight excluding hydrogens is 568 g/mol.